The zero-order valence-electron chi connectivity index (χ0n) is 21.1. The maximum atomic E-state index is 11.6. The molecule has 1 aliphatic rings. The Balaban J connectivity index is 0.000000640. The van der Waals surface area contributed by atoms with Crippen LogP contribution in [0.1, 0.15) is 52.2 Å². The lowest BCUT2D eigenvalue weighted by Gasteiger charge is -2.11. The van der Waals surface area contributed by atoms with Crippen molar-refractivity contribution in [1.82, 2.24) is 0 Å². The second-order valence-corrected chi connectivity index (χ2v) is 8.16. The lowest BCUT2D eigenvalue weighted by molar-refractivity contribution is -0.148. The Morgan fingerprint density at radius 3 is 2.11 bits per heavy atom. The number of halogens is 1. The average Bonchev–Trinajstić information content (AvgIpc) is 3.27. The molecule has 1 unspecified atom stereocenters. The molecule has 0 amide bonds. The molecule has 0 fully saturated rings. The smallest absolute Gasteiger partial charge is 0.328 e. The Morgan fingerprint density at radius 1 is 0.946 bits per heavy atom. The largest absolute Gasteiger partial charge is 0.504 e. The van der Waals surface area contributed by atoms with Crippen LogP contribution in [0.25, 0.3) is 0 Å². The summed E-state index contributed by atoms with van der Waals surface area (Å²) in [5.41, 5.74) is 2.26. The number of carbonyl (C=O) groups is 2. The van der Waals surface area contributed by atoms with Gasteiger partial charge in [-0.05, 0) is 53.5 Å². The van der Waals surface area contributed by atoms with Gasteiger partial charge in [0, 0.05) is 18.2 Å². The third kappa shape index (κ3) is 10.9. The fourth-order valence-electron chi connectivity index (χ4n) is 3.31. The number of hydrogen-bond donors (Lipinski definition) is 5. The lowest BCUT2D eigenvalue weighted by Crippen LogP contribution is -2.29. The van der Waals surface area contributed by atoms with Crippen LogP contribution in [0.5, 0.6) is 23.0 Å². The standard InChI is InChI=1S/C13H18O4.C12H15NO4.CH3I.CH4/c1-3-6-17-13(16)9(2)7-10-4-5-11(14)12(15)8-10;1-2-3-17-12(16)9-4-7-5-10(14)11(15)6-8(7)13-9;1-2;/h4-5,8-9,14-15H,3,6-7H2,1-2H3;5-6,9,13-15H,2-4H2,1H3;1H3;1H4/t9-;;;/m0.../s1. The van der Waals surface area contributed by atoms with Crippen LogP contribution in [-0.2, 0) is 31.9 Å². The molecule has 0 saturated heterocycles. The van der Waals surface area contributed by atoms with E-state index < -0.39 is 6.04 Å². The van der Waals surface area contributed by atoms with Crippen LogP contribution in [0.3, 0.4) is 0 Å². The summed E-state index contributed by atoms with van der Waals surface area (Å²) in [7, 11) is 0. The van der Waals surface area contributed by atoms with Gasteiger partial charge in [0.25, 0.3) is 0 Å². The Labute approximate surface area is 233 Å². The molecule has 0 saturated carbocycles. The number of fused-ring (bicyclic) bond motifs is 1. The number of phenolic OH excluding ortho intramolecular Hbond substituents is 4. The highest BCUT2D eigenvalue weighted by Gasteiger charge is 2.29. The zero-order valence-corrected chi connectivity index (χ0v) is 23.2. The predicted molar refractivity (Wildman–Crippen MR) is 153 cm³/mol. The molecule has 10 heteroatoms. The van der Waals surface area contributed by atoms with Crippen LogP contribution in [0.2, 0.25) is 0 Å². The highest BCUT2D eigenvalue weighted by molar-refractivity contribution is 14.1. The molecule has 3 rings (SSSR count). The third-order valence-corrected chi connectivity index (χ3v) is 5.12. The van der Waals surface area contributed by atoms with E-state index in [0.717, 1.165) is 24.0 Å². The van der Waals surface area contributed by atoms with Gasteiger partial charge in [-0.2, -0.15) is 0 Å². The number of ether oxygens (including phenoxy) is 2. The maximum absolute atomic E-state index is 11.6. The number of hydrogen-bond acceptors (Lipinski definition) is 9. The fraction of sp³-hybridized carbons (Fsp3) is 0.481. The van der Waals surface area contributed by atoms with Crippen molar-refractivity contribution in [3.8, 4) is 23.0 Å². The van der Waals surface area contributed by atoms with Crippen molar-refractivity contribution in [2.45, 2.75) is 59.9 Å². The highest BCUT2D eigenvalue weighted by Crippen LogP contribution is 2.36. The van der Waals surface area contributed by atoms with Crippen molar-refractivity contribution in [3.63, 3.8) is 0 Å². The molecule has 2 aromatic carbocycles. The summed E-state index contributed by atoms with van der Waals surface area (Å²) in [4.78, 5) is 25.1. The van der Waals surface area contributed by atoms with E-state index in [1.165, 1.54) is 24.3 Å². The summed E-state index contributed by atoms with van der Waals surface area (Å²) >= 11 is 2.15. The number of esters is 2. The molecule has 0 bridgehead atoms. The van der Waals surface area contributed by atoms with Gasteiger partial charge >= 0.3 is 11.9 Å². The van der Waals surface area contributed by atoms with Gasteiger partial charge in [0.2, 0.25) is 0 Å². The first kappa shape index (κ1) is 34.1. The minimum absolute atomic E-state index is 0. The van der Waals surface area contributed by atoms with E-state index in [0.29, 0.717) is 31.7 Å². The van der Waals surface area contributed by atoms with Gasteiger partial charge < -0.3 is 35.2 Å². The Kier molecular flexibility index (Phi) is 16.2. The predicted octanol–water partition coefficient (Wildman–Crippen LogP) is 5.30. The molecule has 1 heterocycles. The Bertz CT molecular complexity index is 968. The number of rotatable bonds is 8. The molecule has 0 aromatic heterocycles. The van der Waals surface area contributed by atoms with Gasteiger partial charge in [0.15, 0.2) is 23.0 Å². The van der Waals surface area contributed by atoms with E-state index >= 15 is 0 Å². The molecule has 0 spiro atoms. The maximum Gasteiger partial charge on any atom is 0.328 e. The van der Waals surface area contributed by atoms with Gasteiger partial charge in [-0.1, -0.05) is 56.9 Å². The number of phenols is 4. The first-order chi connectivity index (χ1) is 17.2. The summed E-state index contributed by atoms with van der Waals surface area (Å²) in [6.07, 6.45) is 2.54. The molecule has 0 aliphatic carbocycles. The van der Waals surface area contributed by atoms with E-state index in [1.54, 1.807) is 13.0 Å². The molecular weight excluding hydrogens is 593 g/mol. The monoisotopic (exact) mass is 633 g/mol. The van der Waals surface area contributed by atoms with Gasteiger partial charge in [-0.3, -0.25) is 4.79 Å². The Hall–Kier alpha value is -2.89. The van der Waals surface area contributed by atoms with Crippen LogP contribution in [-0.4, -0.2) is 56.6 Å². The van der Waals surface area contributed by atoms with Gasteiger partial charge in [0.1, 0.15) is 6.04 Å². The van der Waals surface area contributed by atoms with E-state index in [-0.39, 0.29) is 48.3 Å². The van der Waals surface area contributed by atoms with Crippen molar-refractivity contribution < 1.29 is 39.5 Å². The molecule has 2 atom stereocenters. The first-order valence-corrected chi connectivity index (χ1v) is 13.8. The molecule has 37 heavy (non-hydrogen) atoms. The summed E-state index contributed by atoms with van der Waals surface area (Å²) in [6, 6.07) is 6.99. The van der Waals surface area contributed by atoms with Gasteiger partial charge in [-0.25, -0.2) is 4.79 Å². The van der Waals surface area contributed by atoms with E-state index in [2.05, 4.69) is 27.9 Å². The van der Waals surface area contributed by atoms with Crippen molar-refractivity contribution >= 4 is 40.2 Å². The highest BCUT2D eigenvalue weighted by atomic mass is 127. The average molecular weight is 634 g/mol. The number of nitrogens with one attached hydrogen (secondary N) is 1. The first-order valence-electron chi connectivity index (χ1n) is 11.7. The minimum atomic E-state index is -0.433. The third-order valence-electron chi connectivity index (χ3n) is 5.12. The van der Waals surface area contributed by atoms with Crippen LogP contribution in [0.4, 0.5) is 5.69 Å². The molecule has 9 nitrogen and oxygen atoms in total. The Morgan fingerprint density at radius 2 is 1.51 bits per heavy atom. The van der Waals surface area contributed by atoms with Crippen molar-refractivity contribution in [2.75, 3.05) is 23.5 Å². The van der Waals surface area contributed by atoms with Crippen molar-refractivity contribution in [2.24, 2.45) is 5.92 Å². The fourth-order valence-corrected chi connectivity index (χ4v) is 3.31. The van der Waals surface area contributed by atoms with Crippen LogP contribution >= 0.6 is 22.6 Å². The quantitative estimate of drug-likeness (QED) is 0.0859. The summed E-state index contributed by atoms with van der Waals surface area (Å²) < 4.78 is 10.1. The molecule has 5 N–H and O–H groups in total. The van der Waals surface area contributed by atoms with Crippen LogP contribution in [0.15, 0.2) is 30.3 Å². The molecular formula is C27H40INO8. The zero-order chi connectivity index (χ0) is 27.3. The minimum Gasteiger partial charge on any atom is -0.504 e. The topological polar surface area (TPSA) is 146 Å². The number of benzene rings is 2. The van der Waals surface area contributed by atoms with E-state index in [1.807, 2.05) is 18.8 Å². The molecule has 2 aromatic rings. The number of carbonyl (C=O) groups excluding carboxylic acids is 2. The molecule has 1 aliphatic heterocycles. The SMILES string of the molecule is C.CCCOC(=O)C1Cc2cc(O)c(O)cc2N1.CCCOC(=O)[C@@H](C)Cc1ccc(O)c(O)c1.CI. The lowest BCUT2D eigenvalue weighted by atomic mass is 10.0. The summed E-state index contributed by atoms with van der Waals surface area (Å²) in [5.74, 6) is -1.49. The summed E-state index contributed by atoms with van der Waals surface area (Å²) in [5, 5.41) is 40.2. The van der Waals surface area contributed by atoms with Crippen molar-refractivity contribution in [3.05, 3.63) is 41.5 Å². The second kappa shape index (κ2) is 17.5. The van der Waals surface area contributed by atoms with Crippen LogP contribution < -0.4 is 5.32 Å². The normalized spacial score (nSPS) is 13.7. The number of aromatic hydroxyl groups is 4. The molecule has 208 valence electrons. The van der Waals surface area contributed by atoms with E-state index in [9.17, 15) is 24.9 Å². The van der Waals surface area contributed by atoms with Crippen LogP contribution in [0, 0.1) is 5.92 Å². The summed E-state index contributed by atoms with van der Waals surface area (Å²) in [6.45, 7) is 6.49. The number of alkyl halides is 1. The van der Waals surface area contributed by atoms with Crippen molar-refractivity contribution in [1.29, 1.82) is 0 Å². The number of anilines is 1. The van der Waals surface area contributed by atoms with Gasteiger partial charge in [-0.15, -0.1) is 0 Å². The molecule has 0 radical (unpaired) electrons. The second-order valence-electron chi connectivity index (χ2n) is 8.16. The van der Waals surface area contributed by atoms with Gasteiger partial charge in [0.05, 0.1) is 19.1 Å². The van der Waals surface area contributed by atoms with E-state index in [4.69, 9.17) is 14.6 Å².